The van der Waals surface area contributed by atoms with Crippen LogP contribution < -0.4 is 10.6 Å². The van der Waals surface area contributed by atoms with Crippen molar-refractivity contribution < 1.29 is 9.90 Å². The van der Waals surface area contributed by atoms with Crippen molar-refractivity contribution in [3.63, 3.8) is 0 Å². The van der Waals surface area contributed by atoms with Gasteiger partial charge in [0.1, 0.15) is 0 Å². The van der Waals surface area contributed by atoms with Crippen molar-refractivity contribution >= 4 is 11.7 Å². The monoisotopic (exact) mass is 261 g/mol. The Kier molecular flexibility index (Phi) is 5.34. The third-order valence-electron chi connectivity index (χ3n) is 3.12. The molecule has 2 amide bonds. The first kappa shape index (κ1) is 15.0. The normalized spacial score (nSPS) is 13.2. The molecule has 19 heavy (non-hydrogen) atoms. The van der Waals surface area contributed by atoms with Crippen molar-refractivity contribution in [3.8, 4) is 6.07 Å². The van der Waals surface area contributed by atoms with Gasteiger partial charge in [-0.2, -0.15) is 5.26 Å². The minimum absolute atomic E-state index is 0.0164. The van der Waals surface area contributed by atoms with Crippen LogP contribution >= 0.6 is 0 Å². The van der Waals surface area contributed by atoms with Crippen molar-refractivity contribution in [1.29, 1.82) is 5.26 Å². The van der Waals surface area contributed by atoms with Gasteiger partial charge in [0.25, 0.3) is 0 Å². The van der Waals surface area contributed by atoms with Crippen molar-refractivity contribution in [2.75, 3.05) is 11.9 Å². The number of hydrogen-bond donors (Lipinski definition) is 3. The van der Waals surface area contributed by atoms with Crippen molar-refractivity contribution in [2.24, 2.45) is 5.92 Å². The molecule has 0 spiro atoms. The molecule has 1 aromatic carbocycles. The topological polar surface area (TPSA) is 85.2 Å². The van der Waals surface area contributed by atoms with Crippen LogP contribution in [0.5, 0.6) is 0 Å². The lowest BCUT2D eigenvalue weighted by atomic mass is 10.1. The summed E-state index contributed by atoms with van der Waals surface area (Å²) in [7, 11) is 0. The SMILES string of the molecule is Cc1ccc(C#N)cc1NC(=O)NC(C)C(C)CO. The number of aliphatic hydroxyl groups excluding tert-OH is 1. The summed E-state index contributed by atoms with van der Waals surface area (Å²) in [6.45, 7) is 5.56. The molecule has 0 saturated heterocycles. The highest BCUT2D eigenvalue weighted by atomic mass is 16.3. The lowest BCUT2D eigenvalue weighted by molar-refractivity contribution is 0.204. The number of anilines is 1. The van der Waals surface area contributed by atoms with Gasteiger partial charge in [-0.1, -0.05) is 13.0 Å². The van der Waals surface area contributed by atoms with E-state index >= 15 is 0 Å². The van der Waals surface area contributed by atoms with E-state index in [-0.39, 0.29) is 24.6 Å². The zero-order valence-corrected chi connectivity index (χ0v) is 11.4. The molecule has 0 aliphatic heterocycles. The van der Waals surface area contributed by atoms with Gasteiger partial charge in [-0.15, -0.1) is 0 Å². The Morgan fingerprint density at radius 1 is 1.47 bits per heavy atom. The molecule has 1 aromatic rings. The Morgan fingerprint density at radius 3 is 2.74 bits per heavy atom. The third-order valence-corrected chi connectivity index (χ3v) is 3.12. The molecule has 0 aliphatic rings. The number of nitriles is 1. The van der Waals surface area contributed by atoms with Crippen LogP contribution in [0.1, 0.15) is 25.0 Å². The number of benzene rings is 1. The fourth-order valence-corrected chi connectivity index (χ4v) is 1.49. The highest BCUT2D eigenvalue weighted by Gasteiger charge is 2.14. The van der Waals surface area contributed by atoms with Gasteiger partial charge in [0.05, 0.1) is 11.6 Å². The predicted octanol–water partition coefficient (Wildman–Crippen LogP) is 2.01. The Balaban J connectivity index is 2.70. The number of aliphatic hydroxyl groups is 1. The van der Waals surface area contributed by atoms with Crippen molar-refractivity contribution in [3.05, 3.63) is 29.3 Å². The van der Waals surface area contributed by atoms with Crippen LogP contribution in [0.15, 0.2) is 18.2 Å². The van der Waals surface area contributed by atoms with E-state index in [0.29, 0.717) is 11.3 Å². The van der Waals surface area contributed by atoms with E-state index in [1.807, 2.05) is 26.8 Å². The molecule has 2 atom stereocenters. The number of hydrogen-bond acceptors (Lipinski definition) is 3. The van der Waals surface area contributed by atoms with Gasteiger partial charge in [0.2, 0.25) is 0 Å². The summed E-state index contributed by atoms with van der Waals surface area (Å²) in [4.78, 5) is 11.8. The zero-order chi connectivity index (χ0) is 14.4. The Bertz CT molecular complexity index is 494. The molecule has 3 N–H and O–H groups in total. The molecule has 5 nitrogen and oxygen atoms in total. The van der Waals surface area contributed by atoms with E-state index in [1.165, 1.54) is 0 Å². The van der Waals surface area contributed by atoms with Gasteiger partial charge >= 0.3 is 6.03 Å². The smallest absolute Gasteiger partial charge is 0.319 e. The summed E-state index contributed by atoms with van der Waals surface area (Å²) in [5.74, 6) is -0.0164. The first-order chi connectivity index (χ1) is 8.97. The van der Waals surface area contributed by atoms with Crippen LogP contribution in [0, 0.1) is 24.2 Å². The minimum Gasteiger partial charge on any atom is -0.396 e. The predicted molar refractivity (Wildman–Crippen MR) is 73.8 cm³/mol. The number of nitrogens with one attached hydrogen (secondary N) is 2. The molecular formula is C14H19N3O2. The quantitative estimate of drug-likeness (QED) is 0.775. The summed E-state index contributed by atoms with van der Waals surface area (Å²) in [6.07, 6.45) is 0. The van der Waals surface area contributed by atoms with Gasteiger partial charge in [0, 0.05) is 18.3 Å². The van der Waals surface area contributed by atoms with Crippen LogP contribution in [-0.2, 0) is 0 Å². The largest absolute Gasteiger partial charge is 0.396 e. The van der Waals surface area contributed by atoms with E-state index < -0.39 is 0 Å². The molecule has 0 heterocycles. The highest BCUT2D eigenvalue weighted by molar-refractivity contribution is 5.90. The number of aryl methyl sites for hydroxylation is 1. The Morgan fingerprint density at radius 2 is 2.16 bits per heavy atom. The fraction of sp³-hybridized carbons (Fsp3) is 0.429. The first-order valence-corrected chi connectivity index (χ1v) is 6.17. The van der Waals surface area contributed by atoms with Crippen molar-refractivity contribution in [2.45, 2.75) is 26.8 Å². The van der Waals surface area contributed by atoms with E-state index in [2.05, 4.69) is 10.6 Å². The zero-order valence-electron chi connectivity index (χ0n) is 11.4. The average Bonchev–Trinajstić information content (AvgIpc) is 2.40. The standard InChI is InChI=1S/C14H19N3O2/c1-9-4-5-12(7-15)6-13(9)17-14(19)16-11(3)10(2)8-18/h4-6,10-11,18H,8H2,1-3H3,(H2,16,17,19). The molecule has 0 fully saturated rings. The lowest BCUT2D eigenvalue weighted by Gasteiger charge is -2.20. The highest BCUT2D eigenvalue weighted by Crippen LogP contribution is 2.16. The molecule has 1 rings (SSSR count). The molecule has 0 bridgehead atoms. The first-order valence-electron chi connectivity index (χ1n) is 6.17. The molecule has 0 aliphatic carbocycles. The maximum Gasteiger partial charge on any atom is 0.319 e. The summed E-state index contributed by atoms with van der Waals surface area (Å²) >= 11 is 0. The van der Waals surface area contributed by atoms with Gasteiger partial charge in [-0.25, -0.2) is 4.79 Å². The minimum atomic E-state index is -0.342. The van der Waals surface area contributed by atoms with Crippen LogP contribution in [-0.4, -0.2) is 23.8 Å². The number of urea groups is 1. The second-order valence-electron chi connectivity index (χ2n) is 4.69. The maximum absolute atomic E-state index is 11.8. The fourth-order valence-electron chi connectivity index (χ4n) is 1.49. The second kappa shape index (κ2) is 6.76. The molecular weight excluding hydrogens is 242 g/mol. The molecule has 5 heteroatoms. The van der Waals surface area contributed by atoms with Crippen LogP contribution in [0.3, 0.4) is 0 Å². The molecule has 2 unspecified atom stereocenters. The van der Waals surface area contributed by atoms with Crippen molar-refractivity contribution in [1.82, 2.24) is 5.32 Å². The molecule has 0 aromatic heterocycles. The summed E-state index contributed by atoms with van der Waals surface area (Å²) in [5, 5.41) is 23.3. The van der Waals surface area contributed by atoms with Gasteiger partial charge < -0.3 is 15.7 Å². The number of amides is 2. The summed E-state index contributed by atoms with van der Waals surface area (Å²) in [5.41, 5.74) is 2.00. The van der Waals surface area contributed by atoms with E-state index in [0.717, 1.165) is 5.56 Å². The van der Waals surface area contributed by atoms with Crippen LogP contribution in [0.4, 0.5) is 10.5 Å². The second-order valence-corrected chi connectivity index (χ2v) is 4.69. The third kappa shape index (κ3) is 4.27. The molecule has 102 valence electrons. The van der Waals surface area contributed by atoms with E-state index in [1.54, 1.807) is 18.2 Å². The maximum atomic E-state index is 11.8. The van der Waals surface area contributed by atoms with Gasteiger partial charge in [-0.3, -0.25) is 0 Å². The number of carbonyl (C=O) groups is 1. The summed E-state index contributed by atoms with van der Waals surface area (Å²) < 4.78 is 0. The number of rotatable bonds is 4. The van der Waals surface area contributed by atoms with E-state index in [9.17, 15) is 4.79 Å². The van der Waals surface area contributed by atoms with E-state index in [4.69, 9.17) is 10.4 Å². The molecule has 0 radical (unpaired) electrons. The van der Waals surface area contributed by atoms with Gasteiger partial charge in [0.15, 0.2) is 0 Å². The van der Waals surface area contributed by atoms with Gasteiger partial charge in [-0.05, 0) is 37.5 Å². The number of nitrogens with zero attached hydrogens (tertiary/aromatic N) is 1. The average molecular weight is 261 g/mol. The van der Waals surface area contributed by atoms with Crippen LogP contribution in [0.25, 0.3) is 0 Å². The Hall–Kier alpha value is -2.06. The molecule has 0 saturated carbocycles. The number of carbonyl (C=O) groups excluding carboxylic acids is 1. The summed E-state index contributed by atoms with van der Waals surface area (Å²) in [6, 6.07) is 6.68. The van der Waals surface area contributed by atoms with Crippen LogP contribution in [0.2, 0.25) is 0 Å². The Labute approximate surface area is 113 Å². The lowest BCUT2D eigenvalue weighted by Crippen LogP contribution is -2.40.